The molecule has 0 saturated heterocycles. The van der Waals surface area contributed by atoms with Crippen molar-refractivity contribution >= 4 is 5.91 Å². The smallest absolute Gasteiger partial charge is 0.234 e. The molecule has 0 aromatic rings. The minimum absolute atomic E-state index is 0.134. The van der Waals surface area contributed by atoms with Crippen LogP contribution in [0.1, 0.15) is 52.4 Å². The summed E-state index contributed by atoms with van der Waals surface area (Å²) in [5, 5.41) is 51.5. The van der Waals surface area contributed by atoms with E-state index in [1.165, 1.54) is 0 Å². The number of unbranched alkanes of at least 4 members (excludes halogenated alkanes) is 3. The lowest BCUT2D eigenvalue weighted by molar-refractivity contribution is -0.120. The molecule has 0 aromatic carbocycles. The number of rotatable bonds is 18. The van der Waals surface area contributed by atoms with Crippen molar-refractivity contribution < 1.29 is 30.3 Å². The molecule has 28 heavy (non-hydrogen) atoms. The van der Waals surface area contributed by atoms with Crippen LogP contribution in [0.25, 0.3) is 0 Å². The molecule has 0 aliphatic rings. The number of amides is 1. The van der Waals surface area contributed by atoms with E-state index in [9.17, 15) is 25.2 Å². The highest BCUT2D eigenvalue weighted by atomic mass is 16.4. The van der Waals surface area contributed by atoms with Crippen molar-refractivity contribution in [3.63, 3.8) is 0 Å². The Morgan fingerprint density at radius 2 is 1.57 bits per heavy atom. The molecule has 0 radical (unpaired) electrons. The van der Waals surface area contributed by atoms with Gasteiger partial charge < -0.3 is 41.5 Å². The Hall–Kier alpha value is -0.810. The second-order valence-electron chi connectivity index (χ2n) is 7.33. The molecule has 0 bridgehead atoms. The summed E-state index contributed by atoms with van der Waals surface area (Å²) in [6, 6.07) is -0.361. The third-order valence-corrected chi connectivity index (χ3v) is 4.89. The summed E-state index contributed by atoms with van der Waals surface area (Å²) >= 11 is 0. The molecule has 0 heterocycles. The number of nitrogens with zero attached hydrogens (tertiary/aromatic N) is 1. The molecule has 9 nitrogen and oxygen atoms in total. The van der Waals surface area contributed by atoms with Gasteiger partial charge in [-0.15, -0.1) is 0 Å². The maximum atomic E-state index is 11.3. The molecule has 0 unspecified atom stereocenters. The molecule has 0 saturated carbocycles. The van der Waals surface area contributed by atoms with E-state index in [1.807, 2.05) is 11.8 Å². The number of primary amides is 1. The summed E-state index contributed by atoms with van der Waals surface area (Å²) in [4.78, 5) is 13.2. The molecule has 0 rings (SSSR count). The lowest BCUT2D eigenvalue weighted by Gasteiger charge is -2.30. The fourth-order valence-corrected chi connectivity index (χ4v) is 3.02. The van der Waals surface area contributed by atoms with Crippen molar-refractivity contribution in [3.05, 3.63) is 0 Å². The van der Waals surface area contributed by atoms with Gasteiger partial charge in [0, 0.05) is 6.54 Å². The van der Waals surface area contributed by atoms with Crippen molar-refractivity contribution in [2.45, 2.75) is 82.8 Å². The Balaban J connectivity index is 4.58. The van der Waals surface area contributed by atoms with Crippen LogP contribution in [-0.4, -0.2) is 99.6 Å². The molecule has 8 N–H and O–H groups in total. The first-order valence-electron chi connectivity index (χ1n) is 10.4. The summed E-state index contributed by atoms with van der Waals surface area (Å²) in [6.45, 7) is 5.40. The van der Waals surface area contributed by atoms with E-state index in [4.69, 9.17) is 10.8 Å². The largest absolute Gasteiger partial charge is 0.394 e. The fourth-order valence-electron chi connectivity index (χ4n) is 3.02. The molecule has 0 spiro atoms. The van der Waals surface area contributed by atoms with Gasteiger partial charge in [-0.2, -0.15) is 0 Å². The Morgan fingerprint density at radius 1 is 0.964 bits per heavy atom. The second kappa shape index (κ2) is 16.0. The minimum atomic E-state index is -1.62. The average molecular weight is 408 g/mol. The van der Waals surface area contributed by atoms with Gasteiger partial charge in [0.15, 0.2) is 0 Å². The molecule has 9 heteroatoms. The molecule has 168 valence electrons. The van der Waals surface area contributed by atoms with E-state index in [1.54, 1.807) is 0 Å². The van der Waals surface area contributed by atoms with Crippen LogP contribution in [-0.2, 0) is 4.79 Å². The van der Waals surface area contributed by atoms with Crippen LogP contribution in [0.3, 0.4) is 0 Å². The predicted octanol–water partition coefficient (Wildman–Crippen LogP) is -1.45. The predicted molar refractivity (Wildman–Crippen MR) is 108 cm³/mol. The summed E-state index contributed by atoms with van der Waals surface area (Å²) in [5.74, 6) is -0.381. The highest BCUT2D eigenvalue weighted by Crippen LogP contribution is 2.09. The molecule has 0 aliphatic carbocycles. The van der Waals surface area contributed by atoms with E-state index >= 15 is 0 Å². The monoisotopic (exact) mass is 407 g/mol. The van der Waals surface area contributed by atoms with Gasteiger partial charge in [0.1, 0.15) is 18.3 Å². The first-order chi connectivity index (χ1) is 13.3. The zero-order valence-corrected chi connectivity index (χ0v) is 17.3. The zero-order valence-electron chi connectivity index (χ0n) is 17.3. The van der Waals surface area contributed by atoms with Gasteiger partial charge in [-0.05, 0) is 38.9 Å². The minimum Gasteiger partial charge on any atom is -0.394 e. The quantitative estimate of drug-likeness (QED) is 0.136. The summed E-state index contributed by atoms with van der Waals surface area (Å²) < 4.78 is 0. The highest BCUT2D eigenvalue weighted by molar-refractivity contribution is 5.79. The molecular weight excluding hydrogens is 366 g/mol. The lowest BCUT2D eigenvalue weighted by Crippen LogP contribution is -2.50. The summed E-state index contributed by atoms with van der Waals surface area (Å²) in [7, 11) is 0. The number of hydrogen-bond donors (Lipinski definition) is 7. The summed E-state index contributed by atoms with van der Waals surface area (Å²) in [6.07, 6.45) is -0.354. The summed E-state index contributed by atoms with van der Waals surface area (Å²) in [5.41, 5.74) is 5.31. The van der Waals surface area contributed by atoms with E-state index in [-0.39, 0.29) is 18.5 Å². The van der Waals surface area contributed by atoms with Crippen LogP contribution in [0, 0.1) is 0 Å². The van der Waals surface area contributed by atoms with E-state index < -0.39 is 31.0 Å². The van der Waals surface area contributed by atoms with Crippen LogP contribution in [0.15, 0.2) is 0 Å². The van der Waals surface area contributed by atoms with Crippen LogP contribution in [0.4, 0.5) is 0 Å². The van der Waals surface area contributed by atoms with Crippen LogP contribution in [0.2, 0.25) is 0 Å². The average Bonchev–Trinajstić information content (AvgIpc) is 2.68. The van der Waals surface area contributed by atoms with E-state index in [0.717, 1.165) is 38.6 Å². The highest BCUT2D eigenvalue weighted by Gasteiger charge is 2.30. The molecule has 0 aromatic heterocycles. The molecule has 0 aliphatic heterocycles. The Labute approximate surface area is 168 Å². The van der Waals surface area contributed by atoms with E-state index in [0.29, 0.717) is 19.5 Å². The third kappa shape index (κ3) is 11.3. The number of carbonyl (C=O) groups excluding carboxylic acids is 1. The first-order valence-corrected chi connectivity index (χ1v) is 10.4. The van der Waals surface area contributed by atoms with Gasteiger partial charge in [-0.1, -0.05) is 33.1 Å². The van der Waals surface area contributed by atoms with Crippen molar-refractivity contribution in [2.75, 3.05) is 32.8 Å². The number of hydrogen-bond acceptors (Lipinski definition) is 8. The zero-order chi connectivity index (χ0) is 21.5. The topological polar surface area (TPSA) is 160 Å². The maximum absolute atomic E-state index is 11.3. The molecular formula is C19H41N3O6. The molecule has 5 atom stereocenters. The Kier molecular flexibility index (Phi) is 15.6. The van der Waals surface area contributed by atoms with Gasteiger partial charge in [0.25, 0.3) is 0 Å². The molecule has 0 fully saturated rings. The first kappa shape index (κ1) is 27.2. The maximum Gasteiger partial charge on any atom is 0.234 e. The SMILES string of the molecule is CCCCCCN(CCCN[C@@H](CC)C(N)=O)C[C@H](O)[C@@H](O)[C@H](O)[C@H](O)CO. The van der Waals surface area contributed by atoms with Gasteiger partial charge in [-0.25, -0.2) is 0 Å². The van der Waals surface area contributed by atoms with Gasteiger partial charge >= 0.3 is 0 Å². The van der Waals surface area contributed by atoms with Gasteiger partial charge in [0.05, 0.1) is 18.8 Å². The van der Waals surface area contributed by atoms with Crippen LogP contribution >= 0.6 is 0 Å². The van der Waals surface area contributed by atoms with E-state index in [2.05, 4.69) is 12.2 Å². The number of aliphatic hydroxyl groups is 5. The lowest BCUT2D eigenvalue weighted by atomic mass is 10.0. The van der Waals surface area contributed by atoms with Crippen molar-refractivity contribution in [3.8, 4) is 0 Å². The van der Waals surface area contributed by atoms with Gasteiger partial charge in [-0.3, -0.25) is 4.79 Å². The van der Waals surface area contributed by atoms with Crippen LogP contribution < -0.4 is 11.1 Å². The Bertz CT molecular complexity index is 402. The van der Waals surface area contributed by atoms with Crippen molar-refractivity contribution in [1.29, 1.82) is 0 Å². The normalized spacial score (nSPS) is 17.3. The van der Waals surface area contributed by atoms with Crippen molar-refractivity contribution in [1.82, 2.24) is 10.2 Å². The second-order valence-corrected chi connectivity index (χ2v) is 7.33. The number of aliphatic hydroxyl groups excluding tert-OH is 5. The number of carbonyl (C=O) groups is 1. The van der Waals surface area contributed by atoms with Crippen LogP contribution in [0.5, 0.6) is 0 Å². The number of nitrogens with two attached hydrogens (primary N) is 1. The van der Waals surface area contributed by atoms with Gasteiger partial charge in [0.2, 0.25) is 5.91 Å². The standard InChI is InChI=1S/C19H41N3O6/c1-3-5-6-7-10-22(11-8-9-21-14(4-2)19(20)28)12-15(24)17(26)18(27)16(25)13-23/h14-18,21,23-27H,3-13H2,1-2H3,(H2,20,28)/t14-,15-,16+,17+,18+/m0/s1. The fraction of sp³-hybridized carbons (Fsp3) is 0.947. The molecule has 1 amide bonds. The third-order valence-electron chi connectivity index (χ3n) is 4.89. The number of nitrogens with one attached hydrogen (secondary N) is 1. The Morgan fingerprint density at radius 3 is 2.11 bits per heavy atom. The van der Waals surface area contributed by atoms with Crippen molar-refractivity contribution in [2.24, 2.45) is 5.73 Å².